The molecule has 52 heavy (non-hydrogen) atoms. The highest BCUT2D eigenvalue weighted by Crippen LogP contribution is 2.61. The molecule has 2 fully saturated rings. The first-order valence-corrected chi connectivity index (χ1v) is 23.5. The van der Waals surface area contributed by atoms with Crippen LogP contribution in [0.4, 0.5) is 0 Å². The van der Waals surface area contributed by atoms with Crippen LogP contribution in [0.25, 0.3) is 22.0 Å². The molecule has 0 unspecified atom stereocenters. The van der Waals surface area contributed by atoms with E-state index in [1.807, 2.05) is 43.6 Å². The maximum Gasteiger partial charge on any atom is 0.258 e. The molecule has 0 radical (unpaired) electrons. The van der Waals surface area contributed by atoms with Crippen LogP contribution in [0.5, 0.6) is 0 Å². The molecule has 10 nitrogen and oxygen atoms in total. The van der Waals surface area contributed by atoms with Gasteiger partial charge in [0.2, 0.25) is 5.91 Å². The number of hydrogen-bond acceptors (Lipinski definition) is 7. The van der Waals surface area contributed by atoms with Crippen LogP contribution < -0.4 is 10.9 Å². The smallest absolute Gasteiger partial charge is 0.258 e. The molecule has 3 aromatic rings. The molecule has 1 spiro atoms. The fourth-order valence-electron chi connectivity index (χ4n) is 7.71. The number of hydrogen-bond donors (Lipinski definition) is 2. The van der Waals surface area contributed by atoms with E-state index in [0.717, 1.165) is 73.5 Å². The van der Waals surface area contributed by atoms with Gasteiger partial charge in [0.15, 0.2) is 0 Å². The fourth-order valence-corrected chi connectivity index (χ4v) is 8.47. The van der Waals surface area contributed by atoms with Crippen LogP contribution in [0.2, 0.25) is 25.7 Å². The number of nitrogens with zero attached hydrogens (tertiary/aromatic N) is 3. The molecule has 2 aliphatic rings. The number of pyridine rings is 1. The number of aliphatic hydroxyl groups excluding tert-OH is 1. The van der Waals surface area contributed by atoms with Gasteiger partial charge in [-0.1, -0.05) is 64.7 Å². The number of aliphatic hydroxyl groups is 1. The zero-order valence-corrected chi connectivity index (χ0v) is 33.1. The van der Waals surface area contributed by atoms with Crippen LogP contribution in [0, 0.1) is 11.3 Å². The van der Waals surface area contributed by atoms with Crippen molar-refractivity contribution in [1.82, 2.24) is 19.4 Å². The molecular weight excluding hydrogens is 673 g/mol. The van der Waals surface area contributed by atoms with E-state index in [0.29, 0.717) is 63.5 Å². The first kappa shape index (κ1) is 40.1. The van der Waals surface area contributed by atoms with Gasteiger partial charge in [-0.2, -0.15) is 0 Å². The third-order valence-electron chi connectivity index (χ3n) is 11.1. The van der Waals surface area contributed by atoms with Gasteiger partial charge in [-0.25, -0.2) is 4.98 Å². The maximum atomic E-state index is 13.9. The Labute approximate surface area is 310 Å². The molecule has 286 valence electrons. The van der Waals surface area contributed by atoms with E-state index in [-0.39, 0.29) is 35.4 Å². The van der Waals surface area contributed by atoms with Crippen molar-refractivity contribution in [2.75, 3.05) is 26.4 Å². The summed E-state index contributed by atoms with van der Waals surface area (Å²) in [5.41, 5.74) is 1.92. The zero-order valence-electron chi connectivity index (χ0n) is 32.1. The molecule has 11 heteroatoms. The third-order valence-corrected chi connectivity index (χ3v) is 12.8. The highest BCUT2D eigenvalue weighted by atomic mass is 28.3. The molecule has 2 N–H and O–H groups in total. The zero-order chi connectivity index (χ0) is 37.1. The van der Waals surface area contributed by atoms with Gasteiger partial charge in [-0.05, 0) is 73.6 Å². The Balaban J connectivity index is 1.41. The largest absolute Gasteiger partial charge is 0.396 e. The average molecular weight is 735 g/mol. The number of imidazole rings is 1. The van der Waals surface area contributed by atoms with E-state index in [4.69, 9.17) is 19.6 Å². The van der Waals surface area contributed by atoms with Gasteiger partial charge < -0.3 is 29.0 Å². The van der Waals surface area contributed by atoms with Crippen LogP contribution >= 0.6 is 0 Å². The van der Waals surface area contributed by atoms with Crippen molar-refractivity contribution in [3.63, 3.8) is 0 Å². The lowest BCUT2D eigenvalue weighted by atomic mass is 9.84. The normalized spacial score (nSPS) is 17.4. The summed E-state index contributed by atoms with van der Waals surface area (Å²) in [6.45, 7) is 11.3. The Morgan fingerprint density at radius 3 is 2.60 bits per heavy atom. The van der Waals surface area contributed by atoms with Crippen LogP contribution in [0.3, 0.4) is 0 Å². The van der Waals surface area contributed by atoms with Crippen molar-refractivity contribution in [3.05, 3.63) is 52.8 Å². The molecule has 0 bridgehead atoms. The number of carbonyl (C=O) groups is 2. The number of ether oxygens (including phenoxy) is 2. The predicted molar refractivity (Wildman–Crippen MR) is 209 cm³/mol. The summed E-state index contributed by atoms with van der Waals surface area (Å²) in [6.07, 6.45) is 15.8. The summed E-state index contributed by atoms with van der Waals surface area (Å²) in [6, 6.07) is 8.61. The second kappa shape index (κ2) is 18.8. The molecule has 1 aromatic carbocycles. The van der Waals surface area contributed by atoms with Gasteiger partial charge in [0.05, 0.1) is 24.5 Å². The molecule has 5 rings (SSSR count). The topological polar surface area (TPSA) is 125 Å². The second-order valence-electron chi connectivity index (χ2n) is 16.3. The van der Waals surface area contributed by atoms with Gasteiger partial charge in [-0.15, -0.1) is 0 Å². The van der Waals surface area contributed by atoms with E-state index in [1.54, 1.807) is 4.57 Å². The number of nitrogens with one attached hydrogen (secondary N) is 1. The Morgan fingerprint density at radius 1 is 1.04 bits per heavy atom. The number of aromatic nitrogens is 3. The standard InChI is InChI=1S/C41H62N4O6Si/c1-5-33(47)13-8-6-9-14-36(43-39(48)35-28-41(35)18-10-7-11-19-41)38-42-29-37(45(38)30-51-25-26-52(2,3)4)32-15-16-34-31(27-32)17-20-44(40(34)49)21-24-50-23-12-22-46/h15-17,20,27,29,35-36,46H,5-14,18-19,21-26,28,30H2,1-4H3,(H,43,48)/t35-,36+/m1/s1. The molecule has 0 aliphatic heterocycles. The highest BCUT2D eigenvalue weighted by Gasteiger charge is 2.57. The summed E-state index contributed by atoms with van der Waals surface area (Å²) in [4.78, 5) is 44.2. The molecule has 0 saturated heterocycles. The fraction of sp³-hybridized carbons (Fsp3) is 0.659. The lowest BCUT2D eigenvalue weighted by Crippen LogP contribution is -2.34. The van der Waals surface area contributed by atoms with Gasteiger partial charge in [0, 0.05) is 70.3 Å². The summed E-state index contributed by atoms with van der Waals surface area (Å²) < 4.78 is 15.7. The monoisotopic (exact) mass is 734 g/mol. The van der Waals surface area contributed by atoms with Gasteiger partial charge >= 0.3 is 0 Å². The molecule has 1 amide bonds. The predicted octanol–water partition coefficient (Wildman–Crippen LogP) is 7.63. The first-order valence-electron chi connectivity index (χ1n) is 19.8. The van der Waals surface area contributed by atoms with Crippen molar-refractivity contribution in [2.45, 2.75) is 135 Å². The number of amides is 1. The van der Waals surface area contributed by atoms with Crippen molar-refractivity contribution in [3.8, 4) is 11.3 Å². The molecule has 2 heterocycles. The van der Waals surface area contributed by atoms with Crippen molar-refractivity contribution in [1.29, 1.82) is 0 Å². The number of ketones is 1. The summed E-state index contributed by atoms with van der Waals surface area (Å²) in [7, 11) is -1.31. The van der Waals surface area contributed by atoms with Crippen LogP contribution in [-0.4, -0.2) is 65.4 Å². The van der Waals surface area contributed by atoms with E-state index in [2.05, 4.69) is 29.5 Å². The van der Waals surface area contributed by atoms with E-state index >= 15 is 0 Å². The quantitative estimate of drug-likeness (QED) is 0.0804. The number of unbranched alkanes of at least 4 members (excludes halogenated alkanes) is 2. The van der Waals surface area contributed by atoms with E-state index < -0.39 is 8.07 Å². The van der Waals surface area contributed by atoms with Crippen LogP contribution in [-0.2, 0) is 32.3 Å². The third kappa shape index (κ3) is 10.7. The number of fused-ring (bicyclic) bond motifs is 1. The van der Waals surface area contributed by atoms with Crippen LogP contribution in [0.15, 0.2) is 41.5 Å². The van der Waals surface area contributed by atoms with E-state index in [1.165, 1.54) is 19.3 Å². The van der Waals surface area contributed by atoms with Gasteiger partial charge in [0.25, 0.3) is 5.56 Å². The molecule has 2 aliphatic carbocycles. The van der Waals surface area contributed by atoms with E-state index in [9.17, 15) is 14.4 Å². The number of Topliss-reactive ketones (excluding diaryl/α,β-unsaturated/α-hetero) is 1. The lowest BCUT2D eigenvalue weighted by Gasteiger charge is -2.24. The number of benzene rings is 1. The van der Waals surface area contributed by atoms with Gasteiger partial charge in [-0.3, -0.25) is 14.4 Å². The second-order valence-corrected chi connectivity index (χ2v) is 21.9. The Hall–Kier alpha value is -3.12. The molecule has 2 aromatic heterocycles. The summed E-state index contributed by atoms with van der Waals surface area (Å²) in [5.74, 6) is 1.30. The average Bonchev–Trinajstić information content (AvgIpc) is 3.65. The summed E-state index contributed by atoms with van der Waals surface area (Å²) >= 11 is 0. The maximum absolute atomic E-state index is 13.9. The number of carbonyl (C=O) groups excluding carboxylic acids is 2. The van der Waals surface area contributed by atoms with Crippen molar-refractivity contribution >= 4 is 30.5 Å². The van der Waals surface area contributed by atoms with Gasteiger partial charge in [0.1, 0.15) is 18.3 Å². The Bertz CT molecular complexity index is 1690. The molecular formula is C41H62N4O6Si. The minimum Gasteiger partial charge on any atom is -0.396 e. The number of rotatable bonds is 22. The minimum absolute atomic E-state index is 0.0714. The highest BCUT2D eigenvalue weighted by molar-refractivity contribution is 6.76. The minimum atomic E-state index is -1.31. The van der Waals surface area contributed by atoms with Crippen LogP contribution in [0.1, 0.15) is 102 Å². The summed E-state index contributed by atoms with van der Waals surface area (Å²) in [5, 5.41) is 13.9. The lowest BCUT2D eigenvalue weighted by molar-refractivity contribution is -0.124. The van der Waals surface area contributed by atoms with Crippen molar-refractivity contribution in [2.24, 2.45) is 11.3 Å². The van der Waals surface area contributed by atoms with Crippen molar-refractivity contribution < 1.29 is 24.2 Å². The molecule has 2 saturated carbocycles. The first-order chi connectivity index (χ1) is 25.0. The Morgan fingerprint density at radius 2 is 1.85 bits per heavy atom. The molecule has 2 atom stereocenters. The SMILES string of the molecule is CCC(=O)CCCCC[C@H](NC(=O)[C@H]1CC12CCCCC2)c1ncc(-c2ccc3c(=O)n(CCOCCCO)ccc3c2)n1COCC[Si](C)(C)C. The Kier molecular flexibility index (Phi) is 14.5.